The van der Waals surface area contributed by atoms with E-state index < -0.39 is 0 Å². The number of hydrogen-bond acceptors (Lipinski definition) is 4. The number of nitrogens with one attached hydrogen (secondary N) is 1. The van der Waals surface area contributed by atoms with E-state index >= 15 is 0 Å². The molecule has 0 saturated carbocycles. The molecule has 0 radical (unpaired) electrons. The molecule has 1 aromatic rings. The molecular formula is C10H20N4O. The molecule has 86 valence electrons. The summed E-state index contributed by atoms with van der Waals surface area (Å²) in [6.07, 6.45) is 3.58. The van der Waals surface area contributed by atoms with Crippen molar-refractivity contribution in [3.8, 4) is 5.75 Å². The van der Waals surface area contributed by atoms with Gasteiger partial charge in [-0.15, -0.1) is 0 Å². The first kappa shape index (κ1) is 12.0. The molecule has 0 aliphatic rings. The third-order valence-electron chi connectivity index (χ3n) is 1.96. The molecule has 1 aromatic heterocycles. The topological polar surface area (TPSA) is 42.3 Å². The number of hydrogen-bond donors (Lipinski definition) is 1. The molecule has 0 saturated heterocycles. The van der Waals surface area contributed by atoms with Crippen LogP contribution in [0.2, 0.25) is 0 Å². The third kappa shape index (κ3) is 5.39. The lowest BCUT2D eigenvalue weighted by Crippen LogP contribution is -2.29. The summed E-state index contributed by atoms with van der Waals surface area (Å²) >= 11 is 0. The Hall–Kier alpha value is -1.07. The smallest absolute Gasteiger partial charge is 0.157 e. The Labute approximate surface area is 91.0 Å². The molecule has 0 bridgehead atoms. The van der Waals surface area contributed by atoms with Gasteiger partial charge in [-0.05, 0) is 14.1 Å². The van der Waals surface area contributed by atoms with Crippen LogP contribution in [0, 0.1) is 0 Å². The largest absolute Gasteiger partial charge is 0.489 e. The lowest BCUT2D eigenvalue weighted by Gasteiger charge is -2.10. The summed E-state index contributed by atoms with van der Waals surface area (Å²) < 4.78 is 7.21. The molecule has 0 unspecified atom stereocenters. The minimum atomic E-state index is 0.680. The number of aryl methyl sites for hydroxylation is 1. The zero-order valence-corrected chi connectivity index (χ0v) is 9.73. The van der Waals surface area contributed by atoms with Crippen LogP contribution >= 0.6 is 0 Å². The fourth-order valence-electron chi connectivity index (χ4n) is 1.14. The lowest BCUT2D eigenvalue weighted by atomic mass is 10.5. The van der Waals surface area contributed by atoms with Crippen molar-refractivity contribution in [2.24, 2.45) is 7.05 Å². The molecule has 1 N–H and O–H groups in total. The molecule has 15 heavy (non-hydrogen) atoms. The van der Waals surface area contributed by atoms with Gasteiger partial charge in [0.2, 0.25) is 0 Å². The van der Waals surface area contributed by atoms with Crippen molar-refractivity contribution >= 4 is 0 Å². The van der Waals surface area contributed by atoms with Crippen molar-refractivity contribution in [2.45, 2.75) is 0 Å². The van der Waals surface area contributed by atoms with Gasteiger partial charge in [-0.1, -0.05) is 0 Å². The first-order valence-corrected chi connectivity index (χ1v) is 5.15. The summed E-state index contributed by atoms with van der Waals surface area (Å²) in [4.78, 5) is 2.15. The molecule has 1 heterocycles. The van der Waals surface area contributed by atoms with Crippen LogP contribution in [-0.2, 0) is 7.05 Å². The summed E-state index contributed by atoms with van der Waals surface area (Å²) in [6.45, 7) is 3.58. The van der Waals surface area contributed by atoms with Crippen LogP contribution in [0.3, 0.4) is 0 Å². The quantitative estimate of drug-likeness (QED) is 0.644. The maximum absolute atomic E-state index is 5.47. The fourth-order valence-corrected chi connectivity index (χ4v) is 1.14. The maximum Gasteiger partial charge on any atom is 0.157 e. The summed E-state index contributed by atoms with van der Waals surface area (Å²) in [6, 6.07) is 0. The van der Waals surface area contributed by atoms with Crippen molar-refractivity contribution in [1.29, 1.82) is 0 Å². The Morgan fingerprint density at radius 2 is 2.27 bits per heavy atom. The average Bonchev–Trinajstić information content (AvgIpc) is 2.57. The maximum atomic E-state index is 5.47. The summed E-state index contributed by atoms with van der Waals surface area (Å²) in [5, 5.41) is 7.32. The number of nitrogens with zero attached hydrogens (tertiary/aromatic N) is 3. The third-order valence-corrected chi connectivity index (χ3v) is 1.96. The highest BCUT2D eigenvalue weighted by atomic mass is 16.5. The fraction of sp³-hybridized carbons (Fsp3) is 0.700. The van der Waals surface area contributed by atoms with Gasteiger partial charge in [-0.3, -0.25) is 4.68 Å². The van der Waals surface area contributed by atoms with Crippen LogP contribution in [-0.4, -0.2) is 55.0 Å². The Morgan fingerprint density at radius 3 is 2.87 bits per heavy atom. The number of likely N-dealkylation sites (N-methyl/N-ethyl adjacent to an activating group) is 1. The van der Waals surface area contributed by atoms with Gasteiger partial charge in [0, 0.05) is 26.7 Å². The van der Waals surface area contributed by atoms with E-state index in [0.29, 0.717) is 6.61 Å². The monoisotopic (exact) mass is 212 g/mol. The molecule has 1 rings (SSSR count). The molecule has 0 aromatic carbocycles. The van der Waals surface area contributed by atoms with E-state index in [0.717, 1.165) is 25.4 Å². The second-order valence-electron chi connectivity index (χ2n) is 3.75. The van der Waals surface area contributed by atoms with Gasteiger partial charge < -0.3 is 15.0 Å². The van der Waals surface area contributed by atoms with Crippen LogP contribution in [0.1, 0.15) is 0 Å². The van der Waals surface area contributed by atoms with Crippen LogP contribution in [0.5, 0.6) is 5.75 Å². The van der Waals surface area contributed by atoms with Crippen molar-refractivity contribution < 1.29 is 4.74 Å². The van der Waals surface area contributed by atoms with Crippen LogP contribution < -0.4 is 10.1 Å². The van der Waals surface area contributed by atoms with Gasteiger partial charge in [-0.25, -0.2) is 0 Å². The predicted molar refractivity (Wildman–Crippen MR) is 60.1 cm³/mol. The van der Waals surface area contributed by atoms with E-state index in [4.69, 9.17) is 4.74 Å². The highest BCUT2D eigenvalue weighted by molar-refractivity contribution is 5.11. The number of rotatable bonds is 7. The van der Waals surface area contributed by atoms with Gasteiger partial charge in [0.15, 0.2) is 5.75 Å². The Bertz CT molecular complexity index is 272. The van der Waals surface area contributed by atoms with E-state index in [1.165, 1.54) is 0 Å². The molecule has 5 heteroatoms. The van der Waals surface area contributed by atoms with Crippen molar-refractivity contribution in [1.82, 2.24) is 20.0 Å². The SMILES string of the molecule is CN(C)CCNCCOc1cnn(C)c1. The van der Waals surface area contributed by atoms with Gasteiger partial charge in [0.1, 0.15) is 6.61 Å². The number of aromatic nitrogens is 2. The molecular weight excluding hydrogens is 192 g/mol. The molecule has 0 amide bonds. The summed E-state index contributed by atoms with van der Waals surface area (Å²) in [7, 11) is 6.00. The van der Waals surface area contributed by atoms with Crippen LogP contribution in [0.15, 0.2) is 12.4 Å². The van der Waals surface area contributed by atoms with E-state index in [1.54, 1.807) is 10.9 Å². The highest BCUT2D eigenvalue weighted by Gasteiger charge is 1.95. The van der Waals surface area contributed by atoms with Crippen molar-refractivity contribution in [3.05, 3.63) is 12.4 Å². The van der Waals surface area contributed by atoms with Crippen molar-refractivity contribution in [3.63, 3.8) is 0 Å². The summed E-state index contributed by atoms with van der Waals surface area (Å²) in [5.41, 5.74) is 0. The first-order chi connectivity index (χ1) is 7.18. The molecule has 0 aliphatic heterocycles. The Morgan fingerprint density at radius 1 is 1.47 bits per heavy atom. The Kier molecular flexibility index (Phi) is 5.14. The standard InChI is InChI=1S/C10H20N4O/c1-13(2)6-4-11-5-7-15-10-8-12-14(3)9-10/h8-9,11H,4-7H2,1-3H3. The Balaban J connectivity index is 1.98. The predicted octanol–water partition coefficient (Wildman–Crippen LogP) is -0.0499. The minimum Gasteiger partial charge on any atom is -0.489 e. The zero-order valence-electron chi connectivity index (χ0n) is 9.73. The number of ether oxygens (including phenoxy) is 1. The van der Waals surface area contributed by atoms with E-state index in [-0.39, 0.29) is 0 Å². The van der Waals surface area contributed by atoms with E-state index in [2.05, 4.69) is 29.4 Å². The molecule has 0 atom stereocenters. The minimum absolute atomic E-state index is 0.680. The molecule has 5 nitrogen and oxygen atoms in total. The van der Waals surface area contributed by atoms with E-state index in [1.807, 2.05) is 13.2 Å². The first-order valence-electron chi connectivity index (χ1n) is 5.15. The summed E-state index contributed by atoms with van der Waals surface area (Å²) in [5.74, 6) is 0.826. The van der Waals surface area contributed by atoms with Gasteiger partial charge in [-0.2, -0.15) is 5.10 Å². The average molecular weight is 212 g/mol. The lowest BCUT2D eigenvalue weighted by molar-refractivity contribution is 0.308. The second kappa shape index (κ2) is 6.42. The normalized spacial score (nSPS) is 10.9. The van der Waals surface area contributed by atoms with Gasteiger partial charge in [0.25, 0.3) is 0 Å². The van der Waals surface area contributed by atoms with Crippen LogP contribution in [0.25, 0.3) is 0 Å². The second-order valence-corrected chi connectivity index (χ2v) is 3.75. The van der Waals surface area contributed by atoms with E-state index in [9.17, 15) is 0 Å². The van der Waals surface area contributed by atoms with Crippen LogP contribution in [0.4, 0.5) is 0 Å². The highest BCUT2D eigenvalue weighted by Crippen LogP contribution is 2.05. The molecule has 0 aliphatic carbocycles. The van der Waals surface area contributed by atoms with Gasteiger partial charge in [0.05, 0.1) is 12.4 Å². The van der Waals surface area contributed by atoms with Crippen molar-refractivity contribution in [2.75, 3.05) is 40.3 Å². The van der Waals surface area contributed by atoms with Gasteiger partial charge >= 0.3 is 0 Å². The molecule has 0 fully saturated rings. The zero-order chi connectivity index (χ0) is 11.1. The molecule has 0 spiro atoms.